The van der Waals surface area contributed by atoms with Gasteiger partial charge in [-0.2, -0.15) is 0 Å². The van der Waals surface area contributed by atoms with Crippen LogP contribution in [0.2, 0.25) is 5.02 Å². The predicted molar refractivity (Wildman–Crippen MR) is 74.5 cm³/mol. The number of halogens is 3. The van der Waals surface area contributed by atoms with Crippen LogP contribution in [-0.2, 0) is 0 Å². The molecule has 1 unspecified atom stereocenters. The molecule has 0 fully saturated rings. The lowest BCUT2D eigenvalue weighted by Gasteiger charge is -2.18. The van der Waals surface area contributed by atoms with Crippen LogP contribution in [0.15, 0.2) is 34.6 Å². The van der Waals surface area contributed by atoms with E-state index in [4.69, 9.17) is 23.2 Å². The Morgan fingerprint density at radius 2 is 2.17 bits per heavy atom. The summed E-state index contributed by atoms with van der Waals surface area (Å²) in [7, 11) is 0. The van der Waals surface area contributed by atoms with Gasteiger partial charge >= 0.3 is 0 Å². The first kappa shape index (κ1) is 12.0. The predicted octanol–water partition coefficient (Wildman–Crippen LogP) is 4.65. The maximum atomic E-state index is 13.4. The zero-order chi connectivity index (χ0) is 12.7. The molecule has 0 radical (unpaired) electrons. The lowest BCUT2D eigenvalue weighted by atomic mass is 10.1. The first-order valence-electron chi connectivity index (χ1n) is 5.17. The maximum Gasteiger partial charge on any atom is 0.162 e. The summed E-state index contributed by atoms with van der Waals surface area (Å²) in [5, 5.41) is 5.17. The van der Waals surface area contributed by atoms with E-state index in [0.717, 1.165) is 10.6 Å². The Balaban J connectivity index is 2.01. The van der Waals surface area contributed by atoms with Crippen molar-refractivity contribution in [1.29, 1.82) is 0 Å². The van der Waals surface area contributed by atoms with E-state index in [1.165, 1.54) is 23.5 Å². The molecule has 0 spiro atoms. The second-order valence-corrected chi connectivity index (χ2v) is 5.53. The van der Waals surface area contributed by atoms with Crippen molar-refractivity contribution >= 4 is 46.1 Å². The summed E-state index contributed by atoms with van der Waals surface area (Å²) >= 11 is 13.4. The van der Waals surface area contributed by atoms with Gasteiger partial charge in [0, 0.05) is 5.56 Å². The Hall–Kier alpha value is -1.10. The van der Waals surface area contributed by atoms with E-state index in [-0.39, 0.29) is 5.02 Å². The summed E-state index contributed by atoms with van der Waals surface area (Å²) < 4.78 is 13.4. The molecular formula is C12H7Cl2FN2S. The van der Waals surface area contributed by atoms with Crippen molar-refractivity contribution in [2.75, 3.05) is 5.32 Å². The summed E-state index contributed by atoms with van der Waals surface area (Å²) in [5.41, 5.74) is 1.11. The number of hydrogen-bond donors (Lipinski definition) is 1. The third-order valence-corrected chi connectivity index (χ3v) is 4.32. The molecule has 0 bridgehead atoms. The highest BCUT2D eigenvalue weighted by atomic mass is 35.5. The second kappa shape index (κ2) is 4.53. The number of anilines is 1. The van der Waals surface area contributed by atoms with Gasteiger partial charge in [0.1, 0.15) is 11.7 Å². The number of amidine groups is 1. The van der Waals surface area contributed by atoms with Gasteiger partial charge < -0.3 is 5.32 Å². The highest BCUT2D eigenvalue weighted by molar-refractivity contribution is 7.11. The first-order valence-corrected chi connectivity index (χ1v) is 6.86. The minimum Gasteiger partial charge on any atom is -0.339 e. The fourth-order valence-electron chi connectivity index (χ4n) is 1.73. The third-order valence-electron chi connectivity index (χ3n) is 2.60. The molecule has 2 heterocycles. The van der Waals surface area contributed by atoms with Gasteiger partial charge in [0.2, 0.25) is 0 Å². The molecule has 2 nitrogen and oxygen atoms in total. The molecule has 92 valence electrons. The van der Waals surface area contributed by atoms with Gasteiger partial charge in [-0.3, -0.25) is 0 Å². The molecule has 1 atom stereocenters. The molecule has 1 aromatic carbocycles. The molecule has 0 aliphatic carbocycles. The summed E-state index contributed by atoms with van der Waals surface area (Å²) in [5.74, 6) is 0.0809. The highest BCUT2D eigenvalue weighted by Gasteiger charge is 2.21. The van der Waals surface area contributed by atoms with Crippen molar-refractivity contribution < 1.29 is 4.39 Å². The second-order valence-electron chi connectivity index (χ2n) is 3.77. The van der Waals surface area contributed by atoms with Gasteiger partial charge in [0.05, 0.1) is 15.6 Å². The Morgan fingerprint density at radius 3 is 2.94 bits per heavy atom. The lowest BCUT2D eigenvalue weighted by Crippen LogP contribution is -2.18. The average Bonchev–Trinajstić information content (AvgIpc) is 2.81. The van der Waals surface area contributed by atoms with E-state index in [2.05, 4.69) is 10.3 Å². The molecule has 6 heteroatoms. The Morgan fingerprint density at radius 1 is 1.33 bits per heavy atom. The van der Waals surface area contributed by atoms with Crippen LogP contribution in [0, 0.1) is 5.82 Å². The number of nitrogens with one attached hydrogen (secondary N) is 1. The number of nitrogens with zero attached hydrogens (tertiary/aromatic N) is 1. The molecule has 3 rings (SSSR count). The normalized spacial score (nSPS) is 17.9. The molecule has 1 aliphatic heterocycles. The van der Waals surface area contributed by atoms with E-state index < -0.39 is 11.3 Å². The van der Waals surface area contributed by atoms with Crippen molar-refractivity contribution in [3.63, 3.8) is 0 Å². The Kier molecular flexibility index (Phi) is 3.01. The molecule has 0 saturated heterocycles. The van der Waals surface area contributed by atoms with Gasteiger partial charge in [0.15, 0.2) is 5.50 Å². The summed E-state index contributed by atoms with van der Waals surface area (Å²) in [4.78, 5) is 5.28. The summed E-state index contributed by atoms with van der Waals surface area (Å²) in [6.07, 6.45) is 0. The number of benzene rings is 1. The fraction of sp³-hybridized carbons (Fsp3) is 0.0833. The van der Waals surface area contributed by atoms with Crippen LogP contribution in [0.1, 0.15) is 15.9 Å². The Bertz CT molecular complexity index is 639. The molecule has 2 aromatic rings. The van der Waals surface area contributed by atoms with Crippen LogP contribution in [0.3, 0.4) is 0 Å². The van der Waals surface area contributed by atoms with E-state index in [1.807, 2.05) is 11.4 Å². The highest BCUT2D eigenvalue weighted by Crippen LogP contribution is 2.37. The number of thiophene rings is 1. The van der Waals surface area contributed by atoms with Crippen LogP contribution in [0.4, 0.5) is 10.1 Å². The quantitative estimate of drug-likeness (QED) is 0.601. The molecule has 1 aromatic heterocycles. The zero-order valence-electron chi connectivity index (χ0n) is 8.95. The average molecular weight is 301 g/mol. The lowest BCUT2D eigenvalue weighted by molar-refractivity contribution is 0.628. The van der Waals surface area contributed by atoms with E-state index >= 15 is 0 Å². The number of fused-ring (bicyclic) bond motifs is 1. The smallest absolute Gasteiger partial charge is 0.162 e. The van der Waals surface area contributed by atoms with Crippen LogP contribution in [-0.4, -0.2) is 5.84 Å². The van der Waals surface area contributed by atoms with Crippen molar-refractivity contribution in [3.05, 3.63) is 50.9 Å². The number of alkyl halides is 1. The van der Waals surface area contributed by atoms with Crippen molar-refractivity contribution in [3.8, 4) is 0 Å². The summed E-state index contributed by atoms with van der Waals surface area (Å²) in [6, 6.07) is 6.48. The zero-order valence-corrected chi connectivity index (χ0v) is 11.3. The molecule has 18 heavy (non-hydrogen) atoms. The minimum atomic E-state index is -0.471. The monoisotopic (exact) mass is 300 g/mol. The number of rotatable bonds is 1. The summed E-state index contributed by atoms with van der Waals surface area (Å²) in [6.45, 7) is 0. The van der Waals surface area contributed by atoms with E-state index in [0.29, 0.717) is 11.4 Å². The van der Waals surface area contributed by atoms with Gasteiger partial charge in [0.25, 0.3) is 0 Å². The number of hydrogen-bond acceptors (Lipinski definition) is 3. The maximum absolute atomic E-state index is 13.4. The molecule has 1 aliphatic rings. The van der Waals surface area contributed by atoms with Crippen LogP contribution in [0.5, 0.6) is 0 Å². The third kappa shape index (κ3) is 2.00. The van der Waals surface area contributed by atoms with Crippen molar-refractivity contribution in [2.45, 2.75) is 5.50 Å². The molecule has 0 amide bonds. The SMILES string of the molecule is Fc1cc(C2=NC(Cl)c3sccc3N2)ccc1Cl. The van der Waals surface area contributed by atoms with E-state index in [9.17, 15) is 4.39 Å². The fourth-order valence-corrected chi connectivity index (χ4v) is 2.98. The standard InChI is InChI=1S/C12H7Cl2FN2S/c13-7-2-1-6(5-8(7)15)12-16-9-3-4-18-10(9)11(14)17-12/h1-5,11H,(H,16,17). The van der Waals surface area contributed by atoms with Crippen molar-refractivity contribution in [1.82, 2.24) is 0 Å². The van der Waals surface area contributed by atoms with E-state index in [1.54, 1.807) is 6.07 Å². The molecule has 0 saturated carbocycles. The van der Waals surface area contributed by atoms with Gasteiger partial charge in [-0.05, 0) is 29.6 Å². The van der Waals surface area contributed by atoms with Crippen LogP contribution < -0.4 is 5.32 Å². The molecule has 1 N–H and O–H groups in total. The Labute approximate surface area is 117 Å². The van der Waals surface area contributed by atoms with Crippen molar-refractivity contribution in [2.24, 2.45) is 4.99 Å². The van der Waals surface area contributed by atoms with Gasteiger partial charge in [-0.25, -0.2) is 9.38 Å². The first-order chi connectivity index (χ1) is 8.65. The molecular weight excluding hydrogens is 294 g/mol. The van der Waals surface area contributed by atoms with Crippen LogP contribution >= 0.6 is 34.5 Å². The number of aliphatic imine (C=N–C) groups is 1. The van der Waals surface area contributed by atoms with Crippen LogP contribution in [0.25, 0.3) is 0 Å². The largest absolute Gasteiger partial charge is 0.339 e. The minimum absolute atomic E-state index is 0.0915. The van der Waals surface area contributed by atoms with Gasteiger partial charge in [-0.15, -0.1) is 11.3 Å². The van der Waals surface area contributed by atoms with Gasteiger partial charge in [-0.1, -0.05) is 23.2 Å². The topological polar surface area (TPSA) is 24.4 Å².